The maximum Gasteiger partial charge on any atom is 0.221 e. The molecule has 0 radical (unpaired) electrons. The van der Waals surface area contributed by atoms with Crippen LogP contribution >= 0.6 is 39.9 Å². The predicted molar refractivity (Wildman–Crippen MR) is 123 cm³/mol. The summed E-state index contributed by atoms with van der Waals surface area (Å²) in [5.41, 5.74) is 1.22. The first-order valence-electron chi connectivity index (χ1n) is 8.75. The van der Waals surface area contributed by atoms with Gasteiger partial charge in [0.05, 0.1) is 5.69 Å². The van der Waals surface area contributed by atoms with Crippen LogP contribution in [0.3, 0.4) is 0 Å². The first-order valence-corrected chi connectivity index (χ1v) is 9.55. The molecular weight excluding hydrogens is 509 g/mol. The summed E-state index contributed by atoms with van der Waals surface area (Å²) in [5.74, 6) is 0.801. The van der Waals surface area contributed by atoms with Crippen molar-refractivity contribution in [3.05, 3.63) is 28.7 Å². The number of nitrogens with zero attached hydrogens (tertiary/aromatic N) is 2. The second kappa shape index (κ2) is 11.6. The lowest BCUT2D eigenvalue weighted by Crippen LogP contribution is -2.45. The predicted octanol–water partition coefficient (Wildman–Crippen LogP) is 2.73. The summed E-state index contributed by atoms with van der Waals surface area (Å²) in [7, 11) is 1.75. The molecule has 1 saturated heterocycles. The lowest BCUT2D eigenvalue weighted by molar-refractivity contribution is -0.121. The van der Waals surface area contributed by atoms with Crippen molar-refractivity contribution in [2.75, 3.05) is 31.6 Å². The van der Waals surface area contributed by atoms with Crippen molar-refractivity contribution in [2.24, 2.45) is 4.99 Å². The minimum absolute atomic E-state index is 0. The van der Waals surface area contributed by atoms with Crippen LogP contribution in [0.15, 0.2) is 33.7 Å². The third-order valence-electron chi connectivity index (χ3n) is 4.04. The van der Waals surface area contributed by atoms with E-state index < -0.39 is 0 Å². The molecule has 1 heterocycles. The number of nitrogens with one attached hydrogen (secondary N) is 3. The number of hydrogen-bond acceptors (Lipinski definition) is 3. The molecule has 6 nitrogen and oxygen atoms in total. The summed E-state index contributed by atoms with van der Waals surface area (Å²) in [6, 6.07) is 8.80. The highest BCUT2D eigenvalue weighted by Gasteiger charge is 2.24. The average molecular weight is 538 g/mol. The second-order valence-corrected chi connectivity index (χ2v) is 7.35. The van der Waals surface area contributed by atoms with Crippen molar-refractivity contribution >= 4 is 57.5 Å². The second-order valence-electron chi connectivity index (χ2n) is 6.50. The largest absolute Gasteiger partial charge is 0.368 e. The van der Waals surface area contributed by atoms with Crippen molar-refractivity contribution in [3.63, 3.8) is 0 Å². The van der Waals surface area contributed by atoms with Gasteiger partial charge in [0.25, 0.3) is 0 Å². The standard InChI is InChI=1S/C18H28BrN5O.HI/c1-13(2)22-17(25)8-10-21-18(20-3)23-14-9-11-24(12-14)16-7-5-4-6-15(16)19;/h4-7,13-14H,8-12H2,1-3H3,(H,22,25)(H2,20,21,23);1H. The number of halogens is 2. The maximum atomic E-state index is 11.7. The number of benzene rings is 1. The monoisotopic (exact) mass is 537 g/mol. The van der Waals surface area contributed by atoms with E-state index in [1.54, 1.807) is 7.05 Å². The molecule has 0 spiro atoms. The zero-order valence-electron chi connectivity index (χ0n) is 15.6. The molecule has 1 aromatic rings. The van der Waals surface area contributed by atoms with E-state index >= 15 is 0 Å². The molecule has 2 rings (SSSR count). The van der Waals surface area contributed by atoms with Crippen LogP contribution in [-0.4, -0.2) is 50.6 Å². The highest BCUT2D eigenvalue weighted by Crippen LogP contribution is 2.28. The van der Waals surface area contributed by atoms with Gasteiger partial charge in [0.1, 0.15) is 0 Å². The Labute approximate surface area is 181 Å². The van der Waals surface area contributed by atoms with Gasteiger partial charge in [0, 0.05) is 49.7 Å². The van der Waals surface area contributed by atoms with Crippen LogP contribution in [0.2, 0.25) is 0 Å². The number of anilines is 1. The summed E-state index contributed by atoms with van der Waals surface area (Å²) in [6.07, 6.45) is 1.49. The zero-order valence-corrected chi connectivity index (χ0v) is 19.5. The summed E-state index contributed by atoms with van der Waals surface area (Å²) in [6.45, 7) is 6.43. The SMILES string of the molecule is CN=C(NCCC(=O)NC(C)C)NC1CCN(c2ccccc2Br)C1.I. The normalized spacial score (nSPS) is 17.0. The van der Waals surface area contributed by atoms with Crippen LogP contribution in [-0.2, 0) is 4.79 Å². The van der Waals surface area contributed by atoms with Crippen LogP contribution in [0.5, 0.6) is 0 Å². The molecule has 0 aromatic heterocycles. The third-order valence-corrected chi connectivity index (χ3v) is 4.71. The number of para-hydroxylation sites is 1. The Kier molecular flexibility index (Phi) is 10.3. The van der Waals surface area contributed by atoms with Crippen molar-refractivity contribution in [2.45, 2.75) is 38.8 Å². The Balaban J connectivity index is 0.00000338. The van der Waals surface area contributed by atoms with Gasteiger partial charge in [0.2, 0.25) is 5.91 Å². The molecule has 1 fully saturated rings. The Morgan fingerprint density at radius 2 is 2.12 bits per heavy atom. The van der Waals surface area contributed by atoms with E-state index in [2.05, 4.69) is 60.0 Å². The fraction of sp³-hybridized carbons (Fsp3) is 0.556. The van der Waals surface area contributed by atoms with Gasteiger partial charge in [-0.1, -0.05) is 12.1 Å². The topological polar surface area (TPSA) is 68.8 Å². The van der Waals surface area contributed by atoms with Crippen molar-refractivity contribution in [1.82, 2.24) is 16.0 Å². The molecule has 0 saturated carbocycles. The summed E-state index contributed by atoms with van der Waals surface area (Å²) < 4.78 is 1.12. The summed E-state index contributed by atoms with van der Waals surface area (Å²) in [4.78, 5) is 18.3. The van der Waals surface area contributed by atoms with Crippen LogP contribution in [0.25, 0.3) is 0 Å². The fourth-order valence-electron chi connectivity index (χ4n) is 2.88. The van der Waals surface area contributed by atoms with Crippen molar-refractivity contribution in [1.29, 1.82) is 0 Å². The number of guanidine groups is 1. The minimum Gasteiger partial charge on any atom is -0.368 e. The average Bonchev–Trinajstić information content (AvgIpc) is 3.02. The van der Waals surface area contributed by atoms with E-state index in [4.69, 9.17) is 0 Å². The molecule has 3 N–H and O–H groups in total. The highest BCUT2D eigenvalue weighted by molar-refractivity contribution is 14.0. The first-order chi connectivity index (χ1) is 12.0. The van der Waals surface area contributed by atoms with Gasteiger partial charge in [-0.2, -0.15) is 0 Å². The van der Waals surface area contributed by atoms with Gasteiger partial charge in [0.15, 0.2) is 5.96 Å². The van der Waals surface area contributed by atoms with Crippen molar-refractivity contribution in [3.8, 4) is 0 Å². The van der Waals surface area contributed by atoms with Crippen LogP contribution in [0.1, 0.15) is 26.7 Å². The smallest absolute Gasteiger partial charge is 0.221 e. The Morgan fingerprint density at radius 1 is 1.38 bits per heavy atom. The minimum atomic E-state index is 0. The highest BCUT2D eigenvalue weighted by atomic mass is 127. The molecule has 146 valence electrons. The van der Waals surface area contributed by atoms with E-state index in [1.165, 1.54) is 5.69 Å². The molecule has 8 heteroatoms. The maximum absolute atomic E-state index is 11.7. The quantitative estimate of drug-likeness (QED) is 0.296. The molecular formula is C18H29BrIN5O. The molecule has 1 aromatic carbocycles. The van der Waals surface area contributed by atoms with Crippen molar-refractivity contribution < 1.29 is 4.79 Å². The lowest BCUT2D eigenvalue weighted by atomic mass is 10.2. The Hall–Kier alpha value is -1.03. The number of rotatable bonds is 6. The summed E-state index contributed by atoms with van der Waals surface area (Å²) >= 11 is 3.62. The van der Waals surface area contributed by atoms with Gasteiger partial charge in [-0.05, 0) is 48.3 Å². The summed E-state index contributed by atoms with van der Waals surface area (Å²) in [5, 5.41) is 9.55. The van der Waals surface area contributed by atoms with Crippen LogP contribution in [0.4, 0.5) is 5.69 Å². The van der Waals surface area contributed by atoms with E-state index in [1.807, 2.05) is 19.9 Å². The number of carbonyl (C=O) groups is 1. The number of hydrogen-bond donors (Lipinski definition) is 3. The van der Waals surface area contributed by atoms with Gasteiger partial charge >= 0.3 is 0 Å². The van der Waals surface area contributed by atoms with E-state index in [9.17, 15) is 4.79 Å². The molecule has 1 aliphatic heterocycles. The molecule has 1 amide bonds. The molecule has 0 aliphatic carbocycles. The Bertz CT molecular complexity index is 611. The van der Waals surface area contributed by atoms with Gasteiger partial charge in [-0.25, -0.2) is 0 Å². The Morgan fingerprint density at radius 3 is 2.77 bits per heavy atom. The number of carbonyl (C=O) groups excluding carboxylic acids is 1. The molecule has 1 unspecified atom stereocenters. The van der Waals surface area contributed by atoms with Crippen LogP contribution < -0.4 is 20.9 Å². The van der Waals surface area contributed by atoms with Gasteiger partial charge < -0.3 is 20.9 Å². The third kappa shape index (κ3) is 7.30. The molecule has 1 atom stereocenters. The van der Waals surface area contributed by atoms with E-state index in [0.29, 0.717) is 19.0 Å². The van der Waals surface area contributed by atoms with E-state index in [0.717, 1.165) is 29.9 Å². The van der Waals surface area contributed by atoms with Gasteiger partial charge in [-0.3, -0.25) is 9.79 Å². The van der Waals surface area contributed by atoms with Gasteiger partial charge in [-0.15, -0.1) is 24.0 Å². The van der Waals surface area contributed by atoms with E-state index in [-0.39, 0.29) is 35.9 Å². The fourth-order valence-corrected chi connectivity index (χ4v) is 3.42. The number of aliphatic imine (C=N–C) groups is 1. The first kappa shape index (κ1) is 23.0. The van der Waals surface area contributed by atoms with Crippen LogP contribution in [0, 0.1) is 0 Å². The molecule has 1 aliphatic rings. The molecule has 26 heavy (non-hydrogen) atoms. The lowest BCUT2D eigenvalue weighted by Gasteiger charge is -2.21. The number of amides is 1. The zero-order chi connectivity index (χ0) is 18.2. The molecule has 0 bridgehead atoms.